The van der Waals surface area contributed by atoms with Crippen molar-refractivity contribution in [1.29, 1.82) is 0 Å². The van der Waals surface area contributed by atoms with Crippen LogP contribution in [0.25, 0.3) is 0 Å². The summed E-state index contributed by atoms with van der Waals surface area (Å²) < 4.78 is 11.8. The van der Waals surface area contributed by atoms with Crippen molar-refractivity contribution < 1.29 is 9.47 Å². The maximum atomic E-state index is 5.92. The molecule has 0 aliphatic heterocycles. The van der Waals surface area contributed by atoms with E-state index in [1.54, 1.807) is 0 Å². The fourth-order valence-electron chi connectivity index (χ4n) is 2.48. The standard InChI is InChI=1S/C20H34O2/c1-5-9-10-18(8-4)16-22-20-13-11-19(12-14-20)21-15-17(6-2)7-3/h11-14,17-18H,5-10,15-16H2,1-4H3. The highest BCUT2D eigenvalue weighted by molar-refractivity contribution is 5.31. The third-order valence-electron chi connectivity index (χ3n) is 4.49. The minimum absolute atomic E-state index is 0.653. The lowest BCUT2D eigenvalue weighted by Gasteiger charge is -2.16. The molecule has 1 atom stereocenters. The van der Waals surface area contributed by atoms with Gasteiger partial charge in [-0.05, 0) is 42.5 Å². The first-order valence-electron chi connectivity index (χ1n) is 9.08. The van der Waals surface area contributed by atoms with Gasteiger partial charge < -0.3 is 9.47 Å². The lowest BCUT2D eigenvalue weighted by Crippen LogP contribution is -2.11. The van der Waals surface area contributed by atoms with Crippen LogP contribution in [0.1, 0.15) is 66.2 Å². The van der Waals surface area contributed by atoms with Crippen molar-refractivity contribution in [1.82, 2.24) is 0 Å². The van der Waals surface area contributed by atoms with E-state index in [9.17, 15) is 0 Å². The van der Waals surface area contributed by atoms with Gasteiger partial charge in [0.05, 0.1) is 13.2 Å². The molecule has 0 aliphatic carbocycles. The summed E-state index contributed by atoms with van der Waals surface area (Å²) in [6.45, 7) is 10.6. The van der Waals surface area contributed by atoms with E-state index in [0.29, 0.717) is 11.8 Å². The Labute approximate surface area is 137 Å². The quantitative estimate of drug-likeness (QED) is 0.464. The first-order chi connectivity index (χ1) is 10.7. The molecule has 1 aromatic carbocycles. The molecule has 0 bridgehead atoms. The fourth-order valence-corrected chi connectivity index (χ4v) is 2.48. The Bertz CT molecular complexity index is 368. The summed E-state index contributed by atoms with van der Waals surface area (Å²) in [4.78, 5) is 0. The number of benzene rings is 1. The monoisotopic (exact) mass is 306 g/mol. The maximum absolute atomic E-state index is 5.92. The summed E-state index contributed by atoms with van der Waals surface area (Å²) in [5.41, 5.74) is 0. The summed E-state index contributed by atoms with van der Waals surface area (Å²) in [7, 11) is 0. The third-order valence-corrected chi connectivity index (χ3v) is 4.49. The molecule has 0 saturated heterocycles. The minimum atomic E-state index is 0.653. The second-order valence-electron chi connectivity index (χ2n) is 6.19. The number of rotatable bonds is 12. The molecule has 0 spiro atoms. The molecule has 0 saturated carbocycles. The minimum Gasteiger partial charge on any atom is -0.493 e. The van der Waals surface area contributed by atoms with Gasteiger partial charge in [-0.3, -0.25) is 0 Å². The molecule has 2 heteroatoms. The van der Waals surface area contributed by atoms with Gasteiger partial charge in [0.15, 0.2) is 0 Å². The molecule has 2 nitrogen and oxygen atoms in total. The van der Waals surface area contributed by atoms with Crippen molar-refractivity contribution in [2.24, 2.45) is 11.8 Å². The Hall–Kier alpha value is -1.18. The van der Waals surface area contributed by atoms with Gasteiger partial charge in [0.2, 0.25) is 0 Å². The van der Waals surface area contributed by atoms with E-state index >= 15 is 0 Å². The second kappa shape index (κ2) is 11.4. The van der Waals surface area contributed by atoms with Crippen molar-refractivity contribution in [2.75, 3.05) is 13.2 Å². The molecule has 0 radical (unpaired) electrons. The summed E-state index contributed by atoms with van der Waals surface area (Å²) in [6, 6.07) is 8.08. The van der Waals surface area contributed by atoms with Gasteiger partial charge in [0.25, 0.3) is 0 Å². The second-order valence-corrected chi connectivity index (χ2v) is 6.19. The first-order valence-corrected chi connectivity index (χ1v) is 9.08. The molecule has 1 unspecified atom stereocenters. The Morgan fingerprint density at radius 2 is 1.18 bits per heavy atom. The summed E-state index contributed by atoms with van der Waals surface area (Å²) in [5.74, 6) is 3.22. The highest BCUT2D eigenvalue weighted by atomic mass is 16.5. The molecule has 0 amide bonds. The van der Waals surface area contributed by atoms with Crippen LogP contribution in [0.3, 0.4) is 0 Å². The maximum Gasteiger partial charge on any atom is 0.119 e. The van der Waals surface area contributed by atoms with Crippen molar-refractivity contribution in [2.45, 2.75) is 66.2 Å². The van der Waals surface area contributed by atoms with E-state index in [1.807, 2.05) is 24.3 Å². The molecule has 1 rings (SSSR count). The predicted molar refractivity (Wildman–Crippen MR) is 94.8 cm³/mol. The number of hydrogen-bond donors (Lipinski definition) is 0. The van der Waals surface area contributed by atoms with E-state index in [4.69, 9.17) is 9.47 Å². The summed E-state index contributed by atoms with van der Waals surface area (Å²) in [6.07, 6.45) is 7.37. The molecule has 1 aromatic rings. The van der Waals surface area contributed by atoms with E-state index in [0.717, 1.165) is 24.7 Å². The zero-order valence-electron chi connectivity index (χ0n) is 14.9. The van der Waals surface area contributed by atoms with Crippen LogP contribution in [-0.4, -0.2) is 13.2 Å². The Morgan fingerprint density at radius 3 is 1.59 bits per heavy atom. The van der Waals surface area contributed by atoms with Gasteiger partial charge in [0, 0.05) is 0 Å². The molecule has 126 valence electrons. The molecule has 0 N–H and O–H groups in total. The van der Waals surface area contributed by atoms with Crippen LogP contribution < -0.4 is 9.47 Å². The van der Waals surface area contributed by atoms with Gasteiger partial charge in [-0.2, -0.15) is 0 Å². The van der Waals surface area contributed by atoms with E-state index in [-0.39, 0.29) is 0 Å². The average Bonchev–Trinajstić information content (AvgIpc) is 2.57. The Morgan fingerprint density at radius 1 is 0.727 bits per heavy atom. The molecule has 0 aromatic heterocycles. The first kappa shape index (κ1) is 18.9. The SMILES string of the molecule is CCCCC(CC)COc1ccc(OCC(CC)CC)cc1. The average molecular weight is 306 g/mol. The van der Waals surface area contributed by atoms with Crippen molar-refractivity contribution in [3.63, 3.8) is 0 Å². The van der Waals surface area contributed by atoms with Crippen LogP contribution in [-0.2, 0) is 0 Å². The lowest BCUT2D eigenvalue weighted by molar-refractivity contribution is 0.230. The van der Waals surface area contributed by atoms with Crippen LogP contribution in [0.5, 0.6) is 11.5 Å². The van der Waals surface area contributed by atoms with E-state index < -0.39 is 0 Å². The topological polar surface area (TPSA) is 18.5 Å². The molecule has 0 heterocycles. The smallest absolute Gasteiger partial charge is 0.119 e. The van der Waals surface area contributed by atoms with Crippen molar-refractivity contribution in [3.8, 4) is 11.5 Å². The molecular weight excluding hydrogens is 272 g/mol. The molecule has 0 aliphatic rings. The lowest BCUT2D eigenvalue weighted by atomic mass is 10.0. The van der Waals surface area contributed by atoms with Gasteiger partial charge in [0.1, 0.15) is 11.5 Å². The van der Waals surface area contributed by atoms with Gasteiger partial charge >= 0.3 is 0 Å². The van der Waals surface area contributed by atoms with E-state index in [1.165, 1.54) is 38.5 Å². The van der Waals surface area contributed by atoms with Gasteiger partial charge in [-0.1, -0.05) is 59.8 Å². The highest BCUT2D eigenvalue weighted by Gasteiger charge is 2.07. The predicted octanol–water partition coefficient (Wildman–Crippen LogP) is 6.10. The van der Waals surface area contributed by atoms with Gasteiger partial charge in [-0.15, -0.1) is 0 Å². The highest BCUT2D eigenvalue weighted by Crippen LogP contribution is 2.21. The number of unbranched alkanes of at least 4 members (excludes halogenated alkanes) is 1. The zero-order chi connectivity index (χ0) is 16.2. The molecular formula is C20H34O2. The fraction of sp³-hybridized carbons (Fsp3) is 0.700. The van der Waals surface area contributed by atoms with Crippen LogP contribution in [0.4, 0.5) is 0 Å². The summed E-state index contributed by atoms with van der Waals surface area (Å²) in [5, 5.41) is 0. The number of hydrogen-bond acceptors (Lipinski definition) is 2. The van der Waals surface area contributed by atoms with Gasteiger partial charge in [-0.25, -0.2) is 0 Å². The largest absolute Gasteiger partial charge is 0.493 e. The zero-order valence-corrected chi connectivity index (χ0v) is 14.9. The van der Waals surface area contributed by atoms with Crippen LogP contribution in [0, 0.1) is 11.8 Å². The summed E-state index contributed by atoms with van der Waals surface area (Å²) >= 11 is 0. The number of ether oxygens (including phenoxy) is 2. The molecule has 22 heavy (non-hydrogen) atoms. The Balaban J connectivity index is 2.37. The third kappa shape index (κ3) is 7.20. The normalized spacial score (nSPS) is 12.4. The molecule has 0 fully saturated rings. The van der Waals surface area contributed by atoms with Crippen LogP contribution >= 0.6 is 0 Å². The van der Waals surface area contributed by atoms with Crippen molar-refractivity contribution in [3.05, 3.63) is 24.3 Å². The van der Waals surface area contributed by atoms with Crippen LogP contribution in [0.15, 0.2) is 24.3 Å². The van der Waals surface area contributed by atoms with E-state index in [2.05, 4.69) is 27.7 Å². The van der Waals surface area contributed by atoms with Crippen molar-refractivity contribution >= 4 is 0 Å². The van der Waals surface area contributed by atoms with Crippen LogP contribution in [0.2, 0.25) is 0 Å². The Kier molecular flexibility index (Phi) is 9.77.